The first-order chi connectivity index (χ1) is 11.6. The van der Waals surface area contributed by atoms with E-state index in [9.17, 15) is 4.79 Å². The average Bonchev–Trinajstić information content (AvgIpc) is 2.61. The fraction of sp³-hybridized carbons (Fsp3) is 0.263. The van der Waals surface area contributed by atoms with Crippen molar-refractivity contribution >= 4 is 41.5 Å². The number of benzene rings is 2. The molecule has 2 aromatic rings. The molecule has 0 aliphatic rings. The lowest BCUT2D eigenvalue weighted by Crippen LogP contribution is -2.23. The summed E-state index contributed by atoms with van der Waals surface area (Å²) in [5.41, 5.74) is 9.76. The van der Waals surface area contributed by atoms with E-state index in [-0.39, 0.29) is 29.9 Å². The number of anilines is 1. The van der Waals surface area contributed by atoms with Crippen LogP contribution in [-0.2, 0) is 13.0 Å². The molecule has 4 N–H and O–H groups in total. The van der Waals surface area contributed by atoms with E-state index in [1.54, 1.807) is 12.1 Å². The van der Waals surface area contributed by atoms with Crippen molar-refractivity contribution in [2.24, 2.45) is 10.7 Å². The van der Waals surface area contributed by atoms with Crippen LogP contribution in [0.2, 0.25) is 0 Å². The third-order valence-electron chi connectivity index (χ3n) is 3.59. The first-order valence-electron chi connectivity index (χ1n) is 8.15. The Bertz CT molecular complexity index is 714. The van der Waals surface area contributed by atoms with Crippen molar-refractivity contribution in [2.45, 2.75) is 26.8 Å². The lowest BCUT2D eigenvalue weighted by Gasteiger charge is -2.07. The van der Waals surface area contributed by atoms with Gasteiger partial charge in [0.1, 0.15) is 0 Å². The zero-order valence-corrected chi connectivity index (χ0v) is 16.9. The number of nitrogens with one attached hydrogen (secondary N) is 2. The molecule has 0 radical (unpaired) electrons. The third-order valence-corrected chi connectivity index (χ3v) is 3.59. The maximum absolute atomic E-state index is 11.7. The second-order valence-electron chi connectivity index (χ2n) is 5.44. The second-order valence-corrected chi connectivity index (χ2v) is 5.44. The quantitative estimate of drug-likeness (QED) is 0.357. The standard InChI is InChI=1S/C19H24N4O.HI/c1-3-14-6-5-7-17(12-14)23-19(20)22-13-15-8-10-16(11-9-15)18(24)21-4-2;/h5-12H,3-4,13H2,1-2H3,(H,21,24)(H3,20,22,23);1H. The Kier molecular flexibility index (Phi) is 8.98. The van der Waals surface area contributed by atoms with Crippen LogP contribution in [0.4, 0.5) is 5.69 Å². The Morgan fingerprint density at radius 3 is 2.44 bits per heavy atom. The molecular formula is C19H25IN4O. The number of guanidine groups is 1. The molecule has 0 heterocycles. The summed E-state index contributed by atoms with van der Waals surface area (Å²) in [6.45, 7) is 5.09. The van der Waals surface area contributed by atoms with Crippen molar-refractivity contribution < 1.29 is 4.79 Å². The molecule has 5 nitrogen and oxygen atoms in total. The normalized spacial score (nSPS) is 10.7. The summed E-state index contributed by atoms with van der Waals surface area (Å²) in [5.74, 6) is 0.306. The van der Waals surface area contributed by atoms with Crippen LogP contribution in [0.5, 0.6) is 0 Å². The van der Waals surface area contributed by atoms with E-state index in [1.807, 2.05) is 31.2 Å². The van der Waals surface area contributed by atoms with Gasteiger partial charge in [-0.05, 0) is 48.7 Å². The number of hydrogen-bond acceptors (Lipinski definition) is 2. The van der Waals surface area contributed by atoms with Gasteiger partial charge in [-0.15, -0.1) is 24.0 Å². The molecule has 134 valence electrons. The van der Waals surface area contributed by atoms with Crippen molar-refractivity contribution in [1.82, 2.24) is 5.32 Å². The lowest BCUT2D eigenvalue weighted by molar-refractivity contribution is 0.0956. The third kappa shape index (κ3) is 6.74. The molecule has 0 saturated carbocycles. The fourth-order valence-corrected chi connectivity index (χ4v) is 2.26. The van der Waals surface area contributed by atoms with Crippen molar-refractivity contribution in [1.29, 1.82) is 0 Å². The number of aliphatic imine (C=N–C) groups is 1. The van der Waals surface area contributed by atoms with Crippen LogP contribution in [0.3, 0.4) is 0 Å². The molecule has 0 unspecified atom stereocenters. The monoisotopic (exact) mass is 452 g/mol. The molecule has 0 bridgehead atoms. The minimum absolute atomic E-state index is 0. The van der Waals surface area contributed by atoms with Crippen LogP contribution in [0.25, 0.3) is 0 Å². The van der Waals surface area contributed by atoms with Crippen molar-refractivity contribution in [3.63, 3.8) is 0 Å². The molecule has 25 heavy (non-hydrogen) atoms. The van der Waals surface area contributed by atoms with E-state index in [0.717, 1.165) is 17.7 Å². The van der Waals surface area contributed by atoms with E-state index in [0.29, 0.717) is 24.6 Å². The predicted molar refractivity (Wildman–Crippen MR) is 115 cm³/mol. The van der Waals surface area contributed by atoms with Crippen LogP contribution in [0, 0.1) is 0 Å². The summed E-state index contributed by atoms with van der Waals surface area (Å²) in [7, 11) is 0. The lowest BCUT2D eigenvalue weighted by atomic mass is 10.1. The fourth-order valence-electron chi connectivity index (χ4n) is 2.26. The molecule has 0 atom stereocenters. The largest absolute Gasteiger partial charge is 0.370 e. The summed E-state index contributed by atoms with van der Waals surface area (Å²) < 4.78 is 0. The maximum atomic E-state index is 11.7. The van der Waals surface area contributed by atoms with E-state index in [1.165, 1.54) is 5.56 Å². The number of rotatable bonds is 6. The van der Waals surface area contributed by atoms with Gasteiger partial charge in [-0.25, -0.2) is 4.99 Å². The number of nitrogens with zero attached hydrogens (tertiary/aromatic N) is 1. The average molecular weight is 452 g/mol. The SMILES string of the molecule is CCNC(=O)c1ccc(CN=C(N)Nc2cccc(CC)c2)cc1.I. The molecule has 6 heteroatoms. The molecular weight excluding hydrogens is 427 g/mol. The number of hydrogen-bond donors (Lipinski definition) is 3. The zero-order valence-electron chi connectivity index (χ0n) is 14.6. The molecule has 0 aromatic heterocycles. The minimum Gasteiger partial charge on any atom is -0.370 e. The number of carbonyl (C=O) groups excluding carboxylic acids is 1. The Labute approximate surface area is 166 Å². The van der Waals surface area contributed by atoms with Crippen LogP contribution in [0.15, 0.2) is 53.5 Å². The van der Waals surface area contributed by atoms with Gasteiger partial charge in [0.25, 0.3) is 5.91 Å². The molecule has 1 amide bonds. The number of halogens is 1. The first-order valence-corrected chi connectivity index (χ1v) is 8.15. The molecule has 0 spiro atoms. The zero-order chi connectivity index (χ0) is 17.4. The summed E-state index contributed by atoms with van der Waals surface area (Å²) in [4.78, 5) is 16.0. The van der Waals surface area contributed by atoms with Gasteiger partial charge in [0.15, 0.2) is 5.96 Å². The van der Waals surface area contributed by atoms with E-state index in [4.69, 9.17) is 5.73 Å². The van der Waals surface area contributed by atoms with E-state index in [2.05, 4.69) is 34.7 Å². The van der Waals surface area contributed by atoms with Crippen molar-refractivity contribution in [3.05, 3.63) is 65.2 Å². The molecule has 2 rings (SSSR count). The van der Waals surface area contributed by atoms with Crippen LogP contribution in [-0.4, -0.2) is 18.4 Å². The van der Waals surface area contributed by atoms with Crippen molar-refractivity contribution in [2.75, 3.05) is 11.9 Å². The van der Waals surface area contributed by atoms with Gasteiger partial charge >= 0.3 is 0 Å². The predicted octanol–water partition coefficient (Wildman–Crippen LogP) is 3.54. The van der Waals surface area contributed by atoms with Gasteiger partial charge in [0.2, 0.25) is 0 Å². The number of nitrogens with two attached hydrogens (primary N) is 1. The van der Waals surface area contributed by atoms with Gasteiger partial charge in [0, 0.05) is 17.8 Å². The topological polar surface area (TPSA) is 79.5 Å². The number of amides is 1. The summed E-state index contributed by atoms with van der Waals surface area (Å²) in [6.07, 6.45) is 0.977. The number of carbonyl (C=O) groups is 1. The van der Waals surface area contributed by atoms with E-state index >= 15 is 0 Å². The minimum atomic E-state index is -0.0652. The molecule has 2 aromatic carbocycles. The van der Waals surface area contributed by atoms with Crippen molar-refractivity contribution in [3.8, 4) is 0 Å². The molecule has 0 saturated heterocycles. The summed E-state index contributed by atoms with van der Waals surface area (Å²) >= 11 is 0. The van der Waals surface area contributed by atoms with Crippen LogP contribution in [0.1, 0.15) is 35.3 Å². The van der Waals surface area contributed by atoms with Gasteiger partial charge in [-0.3, -0.25) is 4.79 Å². The number of aryl methyl sites for hydroxylation is 1. The Balaban J connectivity index is 0.00000312. The highest BCUT2D eigenvalue weighted by Gasteiger charge is 2.03. The van der Waals surface area contributed by atoms with E-state index < -0.39 is 0 Å². The van der Waals surface area contributed by atoms with Gasteiger partial charge in [-0.1, -0.05) is 31.2 Å². The maximum Gasteiger partial charge on any atom is 0.251 e. The summed E-state index contributed by atoms with van der Waals surface area (Å²) in [6, 6.07) is 15.5. The van der Waals surface area contributed by atoms with Gasteiger partial charge in [-0.2, -0.15) is 0 Å². The highest BCUT2D eigenvalue weighted by molar-refractivity contribution is 14.0. The Hall–Kier alpha value is -2.09. The first kappa shape index (κ1) is 21.0. The highest BCUT2D eigenvalue weighted by atomic mass is 127. The van der Waals surface area contributed by atoms with Crippen LogP contribution >= 0.6 is 24.0 Å². The second kappa shape index (κ2) is 10.7. The summed E-state index contributed by atoms with van der Waals surface area (Å²) in [5, 5.41) is 5.87. The Morgan fingerprint density at radius 2 is 1.80 bits per heavy atom. The molecule has 0 aliphatic heterocycles. The van der Waals surface area contributed by atoms with Gasteiger partial charge in [0.05, 0.1) is 6.54 Å². The molecule has 0 fully saturated rings. The Morgan fingerprint density at radius 1 is 1.08 bits per heavy atom. The highest BCUT2D eigenvalue weighted by Crippen LogP contribution is 2.11. The molecule has 0 aliphatic carbocycles. The smallest absolute Gasteiger partial charge is 0.251 e. The van der Waals surface area contributed by atoms with Gasteiger partial charge < -0.3 is 16.4 Å². The van der Waals surface area contributed by atoms with Crippen LogP contribution < -0.4 is 16.4 Å².